The van der Waals surface area contributed by atoms with Crippen molar-refractivity contribution < 1.29 is 0 Å². The lowest BCUT2D eigenvalue weighted by molar-refractivity contribution is 0.112. The van der Waals surface area contributed by atoms with Gasteiger partial charge in [-0.05, 0) is 25.7 Å². The van der Waals surface area contributed by atoms with E-state index in [2.05, 4.69) is 0 Å². The molecule has 0 aromatic carbocycles. The summed E-state index contributed by atoms with van der Waals surface area (Å²) in [5, 5.41) is 0. The van der Waals surface area contributed by atoms with Crippen LogP contribution in [-0.2, 0) is 0 Å². The molecule has 0 saturated carbocycles. The summed E-state index contributed by atoms with van der Waals surface area (Å²) in [6.07, 6.45) is 1.69. The highest BCUT2D eigenvalue weighted by atomic mass is 15.1. The van der Waals surface area contributed by atoms with Crippen LogP contribution < -0.4 is 40.1 Å². The molecule has 7 heteroatoms. The third-order valence-corrected chi connectivity index (χ3v) is 3.10. The number of nitrogens with two attached hydrogens (primary N) is 7. The third-order valence-electron chi connectivity index (χ3n) is 3.10. The zero-order chi connectivity index (χ0) is 13.0. The summed E-state index contributed by atoms with van der Waals surface area (Å²) in [5.41, 5.74) is 38.9. The highest BCUT2D eigenvalue weighted by molar-refractivity contribution is 4.92. The highest BCUT2D eigenvalue weighted by Crippen LogP contribution is 2.34. The van der Waals surface area contributed by atoms with Crippen molar-refractivity contribution >= 4 is 0 Å². The van der Waals surface area contributed by atoms with Crippen LogP contribution in [0.1, 0.15) is 32.6 Å². The van der Waals surface area contributed by atoms with Gasteiger partial charge in [-0.1, -0.05) is 6.92 Å². The van der Waals surface area contributed by atoms with Gasteiger partial charge in [0.05, 0.1) is 12.3 Å². The molecule has 0 aliphatic heterocycles. The van der Waals surface area contributed by atoms with Gasteiger partial charge in [-0.3, -0.25) is 0 Å². The molecule has 16 heavy (non-hydrogen) atoms. The van der Waals surface area contributed by atoms with Crippen LogP contribution in [0.25, 0.3) is 0 Å². The summed E-state index contributed by atoms with van der Waals surface area (Å²) in [6, 6.07) is 0. The second kappa shape index (κ2) is 5.87. The van der Waals surface area contributed by atoms with Gasteiger partial charge in [-0.15, -0.1) is 0 Å². The van der Waals surface area contributed by atoms with Crippen molar-refractivity contribution in [2.75, 3.05) is 0 Å². The normalized spacial score (nSPS) is 13.9. The van der Waals surface area contributed by atoms with Gasteiger partial charge in [0.25, 0.3) is 0 Å². The lowest BCUT2D eigenvalue weighted by Crippen LogP contribution is -2.68. The number of hydrogen-bond donors (Lipinski definition) is 7. The summed E-state index contributed by atoms with van der Waals surface area (Å²) in [5.74, 6) is -1.29. The zero-order valence-electron chi connectivity index (χ0n) is 10.0. The maximum Gasteiger partial charge on any atom is 0.121 e. The summed E-state index contributed by atoms with van der Waals surface area (Å²) >= 11 is 0. The smallest absolute Gasteiger partial charge is 0.121 e. The van der Waals surface area contributed by atoms with E-state index in [9.17, 15) is 0 Å². The van der Waals surface area contributed by atoms with E-state index in [1.807, 2.05) is 6.92 Å². The predicted molar refractivity (Wildman–Crippen MR) is 66.2 cm³/mol. The summed E-state index contributed by atoms with van der Waals surface area (Å²) in [6.45, 7) is 1.90. The largest absolute Gasteiger partial charge is 0.316 e. The monoisotopic (exact) mass is 233 g/mol. The lowest BCUT2D eigenvalue weighted by atomic mass is 9.74. The van der Waals surface area contributed by atoms with Crippen molar-refractivity contribution in [3.8, 4) is 0 Å². The molecule has 0 atom stereocenters. The maximum atomic E-state index is 5.78. The lowest BCUT2D eigenvalue weighted by Gasteiger charge is -2.41. The molecule has 0 saturated heterocycles. The third kappa shape index (κ3) is 5.17. The minimum atomic E-state index is -1.29. The van der Waals surface area contributed by atoms with Crippen LogP contribution in [0, 0.1) is 5.41 Å². The van der Waals surface area contributed by atoms with Gasteiger partial charge in [-0.2, -0.15) is 0 Å². The van der Waals surface area contributed by atoms with Crippen molar-refractivity contribution in [2.45, 2.75) is 50.7 Å². The Kier molecular flexibility index (Phi) is 5.77. The van der Waals surface area contributed by atoms with E-state index in [0.717, 1.165) is 0 Å². The second-order valence-corrected chi connectivity index (χ2v) is 4.90. The van der Waals surface area contributed by atoms with Gasteiger partial charge in [0.1, 0.15) is 5.79 Å². The molecular weight excluding hydrogens is 206 g/mol. The van der Waals surface area contributed by atoms with E-state index in [0.29, 0.717) is 25.7 Å². The summed E-state index contributed by atoms with van der Waals surface area (Å²) < 4.78 is 0. The molecule has 0 amide bonds. The van der Waals surface area contributed by atoms with Crippen LogP contribution in [0.2, 0.25) is 0 Å². The highest BCUT2D eigenvalue weighted by Gasteiger charge is 2.39. The fourth-order valence-electron chi connectivity index (χ4n) is 1.53. The average molecular weight is 233 g/mol. The van der Waals surface area contributed by atoms with Crippen LogP contribution >= 0.6 is 0 Å². The van der Waals surface area contributed by atoms with E-state index in [1.54, 1.807) is 0 Å². The molecule has 98 valence electrons. The first kappa shape index (κ1) is 15.7. The van der Waals surface area contributed by atoms with Gasteiger partial charge in [0.2, 0.25) is 0 Å². The van der Waals surface area contributed by atoms with E-state index in [1.165, 1.54) is 0 Å². The Morgan fingerprint density at radius 2 is 1.12 bits per heavy atom. The second-order valence-electron chi connectivity index (χ2n) is 4.90. The molecule has 0 aromatic heterocycles. The Hall–Kier alpha value is -0.280. The SMILES string of the molecule is CC(CCC(N)N)(CCC(N)N)C(N)(N)N. The molecule has 0 bridgehead atoms. The fourth-order valence-corrected chi connectivity index (χ4v) is 1.53. The molecule has 0 aliphatic carbocycles. The van der Waals surface area contributed by atoms with E-state index < -0.39 is 23.5 Å². The molecule has 0 fully saturated rings. The minimum Gasteiger partial charge on any atom is -0.316 e. The average Bonchev–Trinajstić information content (AvgIpc) is 2.09. The summed E-state index contributed by atoms with van der Waals surface area (Å²) in [7, 11) is 0. The summed E-state index contributed by atoms with van der Waals surface area (Å²) in [4.78, 5) is 0. The van der Waals surface area contributed by atoms with Gasteiger partial charge in [0, 0.05) is 5.41 Å². The zero-order valence-corrected chi connectivity index (χ0v) is 10.0. The molecule has 0 aliphatic rings. The first-order valence-electron chi connectivity index (χ1n) is 5.47. The molecule has 0 aromatic rings. The van der Waals surface area contributed by atoms with Crippen molar-refractivity contribution in [3.63, 3.8) is 0 Å². The Bertz CT molecular complexity index is 185. The molecule has 7 nitrogen and oxygen atoms in total. The Labute approximate surface area is 97.0 Å². The van der Waals surface area contributed by atoms with Crippen molar-refractivity contribution in [2.24, 2.45) is 45.6 Å². The minimum absolute atomic E-state index is 0.395. The van der Waals surface area contributed by atoms with Crippen LogP contribution in [0.3, 0.4) is 0 Å². The quantitative estimate of drug-likeness (QED) is 0.238. The number of rotatable bonds is 7. The van der Waals surface area contributed by atoms with E-state index in [-0.39, 0.29) is 0 Å². The fraction of sp³-hybridized carbons (Fsp3) is 1.00. The topological polar surface area (TPSA) is 182 Å². The van der Waals surface area contributed by atoms with Crippen LogP contribution in [0.5, 0.6) is 0 Å². The van der Waals surface area contributed by atoms with Crippen molar-refractivity contribution in [1.29, 1.82) is 0 Å². The van der Waals surface area contributed by atoms with Gasteiger partial charge >= 0.3 is 0 Å². The van der Waals surface area contributed by atoms with Gasteiger partial charge in [-0.25, -0.2) is 0 Å². The first-order valence-corrected chi connectivity index (χ1v) is 5.47. The number of hydrogen-bond acceptors (Lipinski definition) is 7. The van der Waals surface area contributed by atoms with Crippen molar-refractivity contribution in [1.82, 2.24) is 0 Å². The molecule has 0 radical (unpaired) electrons. The first-order chi connectivity index (χ1) is 7.08. The molecule has 0 rings (SSSR count). The Morgan fingerprint density at radius 3 is 1.31 bits per heavy atom. The Balaban J connectivity index is 4.50. The van der Waals surface area contributed by atoms with E-state index >= 15 is 0 Å². The van der Waals surface area contributed by atoms with Gasteiger partial charge < -0.3 is 40.1 Å². The van der Waals surface area contributed by atoms with Crippen LogP contribution in [0.4, 0.5) is 0 Å². The van der Waals surface area contributed by atoms with Crippen LogP contribution in [0.15, 0.2) is 0 Å². The predicted octanol–water partition coefficient (Wildman–Crippen LogP) is -2.43. The Morgan fingerprint density at radius 1 is 0.812 bits per heavy atom. The molecular formula is C9H27N7. The molecule has 0 spiro atoms. The van der Waals surface area contributed by atoms with Crippen LogP contribution in [-0.4, -0.2) is 18.1 Å². The maximum absolute atomic E-state index is 5.78. The standard InChI is InChI=1S/C9H27N7/c1-8(9(14,15)16,4-2-6(10)11)5-3-7(12)13/h6-7H,2-5,10-16H2,1H3. The van der Waals surface area contributed by atoms with Crippen molar-refractivity contribution in [3.05, 3.63) is 0 Å². The van der Waals surface area contributed by atoms with E-state index in [4.69, 9.17) is 40.1 Å². The molecule has 14 N–H and O–H groups in total. The molecule has 0 unspecified atom stereocenters. The van der Waals surface area contributed by atoms with Gasteiger partial charge in [0.15, 0.2) is 0 Å². The molecule has 0 heterocycles.